The molecule has 2 aromatic rings. The zero-order valence-corrected chi connectivity index (χ0v) is 19.0. The van der Waals surface area contributed by atoms with Crippen LogP contribution in [0.1, 0.15) is 57.8 Å². The molecule has 0 fully saturated rings. The van der Waals surface area contributed by atoms with Crippen molar-refractivity contribution in [1.29, 1.82) is 0 Å². The highest BCUT2D eigenvalue weighted by Gasteiger charge is 2.24. The number of hydrogen-bond acceptors (Lipinski definition) is 4. The predicted octanol–water partition coefficient (Wildman–Crippen LogP) is 6.19. The molecule has 0 spiro atoms. The first-order chi connectivity index (χ1) is 13.4. The summed E-state index contributed by atoms with van der Waals surface area (Å²) in [5, 5.41) is 4.73. The van der Waals surface area contributed by atoms with Gasteiger partial charge in [0.1, 0.15) is 5.00 Å². The second-order valence-corrected chi connectivity index (χ2v) is 8.23. The van der Waals surface area contributed by atoms with Crippen LogP contribution in [0.5, 0.6) is 0 Å². The molecule has 0 aliphatic carbocycles. The molecule has 6 heteroatoms. The van der Waals surface area contributed by atoms with Gasteiger partial charge in [0.25, 0.3) is 0 Å². The third kappa shape index (κ3) is 5.32. The Hall–Kier alpha value is -1.92. The molecule has 4 nitrogen and oxygen atoms in total. The maximum atomic E-state index is 12.5. The van der Waals surface area contributed by atoms with Gasteiger partial charge in [0.2, 0.25) is 0 Å². The molecule has 0 saturated carbocycles. The molecular formula is C22H30N2O2S2. The minimum atomic E-state index is -0.329. The van der Waals surface area contributed by atoms with E-state index in [-0.39, 0.29) is 5.97 Å². The first kappa shape index (κ1) is 22.4. The molecule has 0 saturated heterocycles. The van der Waals surface area contributed by atoms with Gasteiger partial charge in [0, 0.05) is 17.0 Å². The molecule has 0 aliphatic heterocycles. The van der Waals surface area contributed by atoms with Gasteiger partial charge in [-0.05, 0) is 57.5 Å². The van der Waals surface area contributed by atoms with E-state index in [1.54, 1.807) is 0 Å². The fraction of sp³-hybridized carbons (Fsp3) is 0.455. The normalized spacial score (nSPS) is 12.9. The van der Waals surface area contributed by atoms with Crippen molar-refractivity contribution in [2.45, 2.75) is 59.5 Å². The summed E-state index contributed by atoms with van der Waals surface area (Å²) in [5.41, 5.74) is 1.60. The van der Waals surface area contributed by atoms with Gasteiger partial charge >= 0.3 is 5.97 Å². The van der Waals surface area contributed by atoms with Crippen LogP contribution in [0.15, 0.2) is 36.4 Å². The summed E-state index contributed by atoms with van der Waals surface area (Å²) in [4.78, 5) is 15.8. The summed E-state index contributed by atoms with van der Waals surface area (Å²) < 4.78 is 5.27. The van der Waals surface area contributed by atoms with Crippen LogP contribution in [0, 0.1) is 0 Å². The summed E-state index contributed by atoms with van der Waals surface area (Å²) >= 11 is 7.27. The Kier molecular flexibility index (Phi) is 8.45. The van der Waals surface area contributed by atoms with Crippen LogP contribution in [0.3, 0.4) is 0 Å². The van der Waals surface area contributed by atoms with Crippen LogP contribution in [0.4, 0.5) is 5.00 Å². The van der Waals surface area contributed by atoms with E-state index < -0.39 is 0 Å². The van der Waals surface area contributed by atoms with Gasteiger partial charge < -0.3 is 15.0 Å². The van der Waals surface area contributed by atoms with Gasteiger partial charge in [-0.1, -0.05) is 44.2 Å². The second-order valence-electron chi connectivity index (χ2n) is 6.79. The van der Waals surface area contributed by atoms with Crippen LogP contribution < -0.4 is 5.32 Å². The topological polar surface area (TPSA) is 41.6 Å². The highest BCUT2D eigenvalue weighted by molar-refractivity contribution is 7.80. The highest BCUT2D eigenvalue weighted by atomic mass is 32.1. The van der Waals surface area contributed by atoms with Crippen molar-refractivity contribution in [2.24, 2.45) is 0 Å². The van der Waals surface area contributed by atoms with Crippen LogP contribution in [-0.4, -0.2) is 34.7 Å². The van der Waals surface area contributed by atoms with Crippen molar-refractivity contribution in [1.82, 2.24) is 4.90 Å². The number of carbonyl (C=O) groups is 1. The van der Waals surface area contributed by atoms with Crippen LogP contribution in [0.25, 0.3) is 10.4 Å². The number of thiophene rings is 1. The average molecular weight is 419 g/mol. The van der Waals surface area contributed by atoms with Gasteiger partial charge in [0.15, 0.2) is 5.11 Å². The lowest BCUT2D eigenvalue weighted by Gasteiger charge is -2.36. The molecule has 1 aromatic heterocycles. The van der Waals surface area contributed by atoms with Gasteiger partial charge in [-0.25, -0.2) is 4.79 Å². The Morgan fingerprint density at radius 1 is 1.14 bits per heavy atom. The number of nitrogens with zero attached hydrogens (tertiary/aromatic N) is 1. The molecular weight excluding hydrogens is 388 g/mol. The van der Waals surface area contributed by atoms with E-state index in [4.69, 9.17) is 17.0 Å². The summed E-state index contributed by atoms with van der Waals surface area (Å²) in [6.07, 6.45) is 1.99. The molecule has 0 bridgehead atoms. The van der Waals surface area contributed by atoms with E-state index >= 15 is 0 Å². The SMILES string of the molecule is CCOC(=O)c1cc(-c2ccccc2)sc1NC(=S)N(C(C)CC)C(C)CC. The van der Waals surface area contributed by atoms with E-state index in [0.29, 0.717) is 29.4 Å². The van der Waals surface area contributed by atoms with Crippen LogP contribution in [-0.2, 0) is 4.74 Å². The summed E-state index contributed by atoms with van der Waals surface area (Å²) in [6, 6.07) is 12.5. The fourth-order valence-corrected chi connectivity index (χ4v) is 4.56. The molecule has 1 heterocycles. The number of esters is 1. The van der Waals surface area contributed by atoms with Crippen molar-refractivity contribution in [2.75, 3.05) is 11.9 Å². The van der Waals surface area contributed by atoms with Crippen molar-refractivity contribution in [3.8, 4) is 10.4 Å². The van der Waals surface area contributed by atoms with Gasteiger partial charge in [-0.3, -0.25) is 0 Å². The molecule has 152 valence electrons. The van der Waals surface area contributed by atoms with Gasteiger partial charge in [0.05, 0.1) is 12.2 Å². The van der Waals surface area contributed by atoms with E-state index in [9.17, 15) is 4.79 Å². The third-order valence-electron chi connectivity index (χ3n) is 4.87. The first-order valence-corrected chi connectivity index (χ1v) is 11.1. The molecule has 28 heavy (non-hydrogen) atoms. The summed E-state index contributed by atoms with van der Waals surface area (Å²) in [7, 11) is 0. The number of ether oxygens (including phenoxy) is 1. The molecule has 2 unspecified atom stereocenters. The van der Waals surface area contributed by atoms with E-state index in [1.807, 2.05) is 43.3 Å². The summed E-state index contributed by atoms with van der Waals surface area (Å²) in [5.74, 6) is -0.329. The molecule has 0 radical (unpaired) electrons. The molecule has 2 rings (SSSR count). The molecule has 1 aromatic carbocycles. The minimum absolute atomic E-state index is 0.314. The first-order valence-electron chi connectivity index (χ1n) is 9.88. The maximum Gasteiger partial charge on any atom is 0.341 e. The molecule has 2 atom stereocenters. The smallest absolute Gasteiger partial charge is 0.341 e. The number of rotatable bonds is 8. The van der Waals surface area contributed by atoms with Crippen molar-refractivity contribution < 1.29 is 9.53 Å². The van der Waals surface area contributed by atoms with E-state index in [0.717, 1.165) is 28.3 Å². The lowest BCUT2D eigenvalue weighted by atomic mass is 10.1. The minimum Gasteiger partial charge on any atom is -0.462 e. The maximum absolute atomic E-state index is 12.5. The van der Waals surface area contributed by atoms with Crippen molar-refractivity contribution in [3.05, 3.63) is 42.0 Å². The Morgan fingerprint density at radius 2 is 1.75 bits per heavy atom. The number of nitrogens with one attached hydrogen (secondary N) is 1. The summed E-state index contributed by atoms with van der Waals surface area (Å²) in [6.45, 7) is 10.8. The monoisotopic (exact) mass is 418 g/mol. The second kappa shape index (κ2) is 10.6. The number of hydrogen-bond donors (Lipinski definition) is 1. The zero-order valence-electron chi connectivity index (χ0n) is 17.3. The Labute approximate surface area is 177 Å². The quantitative estimate of drug-likeness (QED) is 0.409. The molecule has 0 aliphatic rings. The number of anilines is 1. The third-order valence-corrected chi connectivity index (χ3v) is 6.28. The number of benzene rings is 1. The number of carbonyl (C=O) groups excluding carboxylic acids is 1. The van der Waals surface area contributed by atoms with Gasteiger partial charge in [-0.2, -0.15) is 0 Å². The van der Waals surface area contributed by atoms with Gasteiger partial charge in [-0.15, -0.1) is 11.3 Å². The lowest BCUT2D eigenvalue weighted by Crippen LogP contribution is -2.46. The Bertz CT molecular complexity index is 779. The predicted molar refractivity (Wildman–Crippen MR) is 123 cm³/mol. The van der Waals surface area contributed by atoms with Crippen LogP contribution in [0.2, 0.25) is 0 Å². The standard InChI is InChI=1S/C22H30N2O2S2/c1-6-15(4)24(16(5)7-2)22(27)23-20-18(21(25)26-8-3)14-19(28-20)17-12-10-9-11-13-17/h9-16H,6-8H2,1-5H3,(H,23,27). The van der Waals surface area contributed by atoms with E-state index in [2.05, 4.69) is 37.9 Å². The highest BCUT2D eigenvalue weighted by Crippen LogP contribution is 2.36. The average Bonchev–Trinajstić information content (AvgIpc) is 3.12. The van der Waals surface area contributed by atoms with Crippen molar-refractivity contribution in [3.63, 3.8) is 0 Å². The largest absolute Gasteiger partial charge is 0.462 e. The Balaban J connectivity index is 2.38. The van der Waals surface area contributed by atoms with E-state index in [1.165, 1.54) is 11.3 Å². The number of thiocarbonyl (C=S) groups is 1. The zero-order chi connectivity index (χ0) is 20.7. The van der Waals surface area contributed by atoms with Crippen LogP contribution >= 0.6 is 23.6 Å². The Morgan fingerprint density at radius 3 is 2.29 bits per heavy atom. The fourth-order valence-electron chi connectivity index (χ4n) is 2.98. The van der Waals surface area contributed by atoms with Crippen molar-refractivity contribution >= 4 is 39.6 Å². The molecule has 0 amide bonds. The lowest BCUT2D eigenvalue weighted by molar-refractivity contribution is 0.0528. The molecule has 1 N–H and O–H groups in total.